The van der Waals surface area contributed by atoms with Gasteiger partial charge in [-0.3, -0.25) is 4.90 Å². The molecule has 116 valence electrons. The lowest BCUT2D eigenvalue weighted by Crippen LogP contribution is -2.29. The quantitative estimate of drug-likeness (QED) is 0.757. The number of hydrogen-bond donors (Lipinski definition) is 0. The van der Waals surface area contributed by atoms with Crippen LogP contribution in [0.5, 0.6) is 5.75 Å². The number of alkyl halides is 2. The SMILES string of the molecule is CCOC(=O)c1cccc(OCCN2CCC(F)(F)C2)c1. The second-order valence-corrected chi connectivity index (χ2v) is 4.98. The minimum Gasteiger partial charge on any atom is -0.492 e. The fourth-order valence-electron chi connectivity index (χ4n) is 2.22. The van der Waals surface area contributed by atoms with Crippen LogP contribution in [0.3, 0.4) is 0 Å². The van der Waals surface area contributed by atoms with Crippen LogP contribution in [0.2, 0.25) is 0 Å². The number of hydrogen-bond acceptors (Lipinski definition) is 4. The monoisotopic (exact) mass is 299 g/mol. The Morgan fingerprint density at radius 3 is 2.90 bits per heavy atom. The Labute approximate surface area is 122 Å². The van der Waals surface area contributed by atoms with Crippen molar-refractivity contribution in [3.05, 3.63) is 29.8 Å². The third-order valence-corrected chi connectivity index (χ3v) is 3.27. The van der Waals surface area contributed by atoms with E-state index in [1.54, 1.807) is 36.1 Å². The molecule has 0 bridgehead atoms. The van der Waals surface area contributed by atoms with Crippen LogP contribution in [0.1, 0.15) is 23.7 Å². The zero-order chi connectivity index (χ0) is 15.3. The van der Waals surface area contributed by atoms with Gasteiger partial charge in [0.05, 0.1) is 18.7 Å². The topological polar surface area (TPSA) is 38.8 Å². The molecule has 1 aliphatic rings. The van der Waals surface area contributed by atoms with E-state index < -0.39 is 11.9 Å². The summed E-state index contributed by atoms with van der Waals surface area (Å²) in [6, 6.07) is 6.66. The number of likely N-dealkylation sites (tertiary alicyclic amines) is 1. The van der Waals surface area contributed by atoms with E-state index in [0.717, 1.165) is 0 Å². The molecule has 4 nitrogen and oxygen atoms in total. The van der Waals surface area contributed by atoms with E-state index in [-0.39, 0.29) is 13.0 Å². The Hall–Kier alpha value is -1.69. The van der Waals surface area contributed by atoms with Gasteiger partial charge in [0.1, 0.15) is 12.4 Å². The van der Waals surface area contributed by atoms with E-state index >= 15 is 0 Å². The Morgan fingerprint density at radius 2 is 2.24 bits per heavy atom. The molecule has 6 heteroatoms. The van der Waals surface area contributed by atoms with Crippen molar-refractivity contribution in [3.63, 3.8) is 0 Å². The molecule has 0 atom stereocenters. The smallest absolute Gasteiger partial charge is 0.338 e. The molecule has 0 spiro atoms. The number of carbonyl (C=O) groups is 1. The number of rotatable bonds is 6. The molecule has 0 radical (unpaired) electrons. The molecule has 0 saturated carbocycles. The minimum absolute atomic E-state index is 0.0919. The summed E-state index contributed by atoms with van der Waals surface area (Å²) < 4.78 is 36.5. The van der Waals surface area contributed by atoms with Gasteiger partial charge >= 0.3 is 5.97 Å². The van der Waals surface area contributed by atoms with Gasteiger partial charge in [-0.15, -0.1) is 0 Å². The highest BCUT2D eigenvalue weighted by molar-refractivity contribution is 5.89. The van der Waals surface area contributed by atoms with Crippen LogP contribution in [0, 0.1) is 0 Å². The molecule has 1 fully saturated rings. The Morgan fingerprint density at radius 1 is 1.43 bits per heavy atom. The van der Waals surface area contributed by atoms with Crippen molar-refractivity contribution < 1.29 is 23.0 Å². The van der Waals surface area contributed by atoms with E-state index in [4.69, 9.17) is 9.47 Å². The van der Waals surface area contributed by atoms with Gasteiger partial charge in [0, 0.05) is 19.5 Å². The Bertz CT molecular complexity index is 494. The molecule has 1 saturated heterocycles. The zero-order valence-corrected chi connectivity index (χ0v) is 12.0. The van der Waals surface area contributed by atoms with Crippen LogP contribution < -0.4 is 4.74 Å². The summed E-state index contributed by atoms with van der Waals surface area (Å²) in [5, 5.41) is 0. The highest BCUT2D eigenvalue weighted by Gasteiger charge is 2.37. The molecule has 0 aromatic heterocycles. The van der Waals surface area contributed by atoms with Gasteiger partial charge in [0.2, 0.25) is 0 Å². The van der Waals surface area contributed by atoms with Gasteiger partial charge in [-0.1, -0.05) is 6.07 Å². The predicted molar refractivity (Wildman–Crippen MR) is 73.9 cm³/mol. The van der Waals surface area contributed by atoms with Gasteiger partial charge in [-0.2, -0.15) is 0 Å². The van der Waals surface area contributed by atoms with Crippen molar-refractivity contribution in [2.45, 2.75) is 19.3 Å². The number of carbonyl (C=O) groups excluding carboxylic acids is 1. The average molecular weight is 299 g/mol. The van der Waals surface area contributed by atoms with Crippen molar-refractivity contribution in [1.29, 1.82) is 0 Å². The molecule has 0 N–H and O–H groups in total. The van der Waals surface area contributed by atoms with E-state index in [1.807, 2.05) is 0 Å². The van der Waals surface area contributed by atoms with E-state index in [0.29, 0.717) is 37.6 Å². The molecule has 21 heavy (non-hydrogen) atoms. The lowest BCUT2D eigenvalue weighted by atomic mass is 10.2. The molecule has 1 heterocycles. The average Bonchev–Trinajstić information content (AvgIpc) is 2.79. The number of nitrogens with zero attached hydrogens (tertiary/aromatic N) is 1. The highest BCUT2D eigenvalue weighted by atomic mass is 19.3. The maximum atomic E-state index is 13.0. The Balaban J connectivity index is 1.81. The fraction of sp³-hybridized carbons (Fsp3) is 0.533. The molecule has 1 aliphatic heterocycles. The first-order valence-electron chi connectivity index (χ1n) is 7.00. The highest BCUT2D eigenvalue weighted by Crippen LogP contribution is 2.26. The predicted octanol–water partition coefficient (Wildman–Crippen LogP) is 2.58. The van der Waals surface area contributed by atoms with Crippen LogP contribution in [0.25, 0.3) is 0 Å². The van der Waals surface area contributed by atoms with Crippen molar-refractivity contribution in [2.24, 2.45) is 0 Å². The van der Waals surface area contributed by atoms with Crippen molar-refractivity contribution in [2.75, 3.05) is 32.8 Å². The van der Waals surface area contributed by atoms with Gasteiger partial charge in [0.15, 0.2) is 0 Å². The van der Waals surface area contributed by atoms with Crippen LogP contribution in [-0.4, -0.2) is 49.6 Å². The second kappa shape index (κ2) is 6.85. The first-order chi connectivity index (χ1) is 10.00. The van der Waals surface area contributed by atoms with Gasteiger partial charge < -0.3 is 9.47 Å². The summed E-state index contributed by atoms with van der Waals surface area (Å²) in [7, 11) is 0. The molecule has 1 aromatic carbocycles. The Kier molecular flexibility index (Phi) is 5.12. The third kappa shape index (κ3) is 4.67. The van der Waals surface area contributed by atoms with E-state index in [1.165, 1.54) is 0 Å². The fourth-order valence-corrected chi connectivity index (χ4v) is 2.22. The number of ether oxygens (including phenoxy) is 2. The standard InChI is InChI=1S/C15H19F2NO3/c1-2-20-14(19)12-4-3-5-13(10-12)21-9-8-18-7-6-15(16,17)11-18/h3-5,10H,2,6-9,11H2,1H3. The van der Waals surface area contributed by atoms with E-state index in [2.05, 4.69) is 0 Å². The largest absolute Gasteiger partial charge is 0.492 e. The van der Waals surface area contributed by atoms with Crippen LogP contribution in [-0.2, 0) is 4.74 Å². The van der Waals surface area contributed by atoms with Crippen molar-refractivity contribution >= 4 is 5.97 Å². The summed E-state index contributed by atoms with van der Waals surface area (Å²) >= 11 is 0. The molecular weight excluding hydrogens is 280 g/mol. The zero-order valence-electron chi connectivity index (χ0n) is 12.0. The number of halogens is 2. The summed E-state index contributed by atoms with van der Waals surface area (Å²) in [6.07, 6.45) is -0.0919. The molecule has 1 aromatic rings. The normalized spacial score (nSPS) is 17.7. The second-order valence-electron chi connectivity index (χ2n) is 4.98. The number of benzene rings is 1. The first-order valence-corrected chi connectivity index (χ1v) is 7.00. The van der Waals surface area contributed by atoms with Crippen molar-refractivity contribution in [3.8, 4) is 5.75 Å². The minimum atomic E-state index is -2.58. The third-order valence-electron chi connectivity index (χ3n) is 3.27. The maximum absolute atomic E-state index is 13.0. The number of esters is 1. The maximum Gasteiger partial charge on any atom is 0.338 e. The molecule has 0 aliphatic carbocycles. The van der Waals surface area contributed by atoms with Crippen LogP contribution in [0.15, 0.2) is 24.3 Å². The van der Waals surface area contributed by atoms with Crippen LogP contribution >= 0.6 is 0 Å². The summed E-state index contributed by atoms with van der Waals surface area (Å²) in [5.74, 6) is -2.45. The molecular formula is C15H19F2NO3. The van der Waals surface area contributed by atoms with Gasteiger partial charge in [0.25, 0.3) is 5.92 Å². The molecule has 0 amide bonds. The van der Waals surface area contributed by atoms with Crippen molar-refractivity contribution in [1.82, 2.24) is 4.90 Å². The van der Waals surface area contributed by atoms with Gasteiger partial charge in [-0.05, 0) is 25.1 Å². The molecule has 0 unspecified atom stereocenters. The lowest BCUT2D eigenvalue weighted by molar-refractivity contribution is 0.0112. The first kappa shape index (κ1) is 15.7. The summed E-state index contributed by atoms with van der Waals surface area (Å²) in [4.78, 5) is 13.3. The summed E-state index contributed by atoms with van der Waals surface area (Å²) in [6.45, 7) is 2.98. The lowest BCUT2D eigenvalue weighted by Gasteiger charge is -2.16. The summed E-state index contributed by atoms with van der Waals surface area (Å²) in [5.41, 5.74) is 0.419. The van der Waals surface area contributed by atoms with Crippen LogP contribution in [0.4, 0.5) is 8.78 Å². The van der Waals surface area contributed by atoms with E-state index in [9.17, 15) is 13.6 Å². The van der Waals surface area contributed by atoms with Gasteiger partial charge in [-0.25, -0.2) is 13.6 Å². The molecule has 2 rings (SSSR count).